The number of halogens is 1. The van der Waals surface area contributed by atoms with E-state index in [-0.39, 0.29) is 11.9 Å². The minimum Gasteiger partial charge on any atom is -0.355 e. The quantitative estimate of drug-likeness (QED) is 0.781. The molecule has 2 aromatic rings. The molecule has 1 heterocycles. The number of hydrogen-bond donors (Lipinski definition) is 2. The number of amides is 1. The number of hydrogen-bond acceptors (Lipinski definition) is 3. The summed E-state index contributed by atoms with van der Waals surface area (Å²) < 4.78 is 0. The van der Waals surface area contributed by atoms with Crippen molar-refractivity contribution in [1.29, 1.82) is 0 Å². The van der Waals surface area contributed by atoms with Crippen molar-refractivity contribution in [3.63, 3.8) is 0 Å². The van der Waals surface area contributed by atoms with Crippen LogP contribution < -0.4 is 10.2 Å². The minimum atomic E-state index is -0.280. The van der Waals surface area contributed by atoms with Crippen molar-refractivity contribution in [2.45, 2.75) is 38.8 Å². The number of nitrogens with zero attached hydrogens (tertiary/aromatic N) is 1. The van der Waals surface area contributed by atoms with Gasteiger partial charge in [0.15, 0.2) is 0 Å². The summed E-state index contributed by atoms with van der Waals surface area (Å²) in [7, 11) is 0. The van der Waals surface area contributed by atoms with Crippen LogP contribution in [0.25, 0.3) is 0 Å². The molecule has 1 amide bonds. The Bertz CT molecular complexity index is 734. The molecule has 0 spiro atoms. The van der Waals surface area contributed by atoms with E-state index in [2.05, 4.69) is 41.3 Å². The van der Waals surface area contributed by atoms with Gasteiger partial charge in [-0.15, -0.1) is 0 Å². The molecule has 2 aromatic carbocycles. The number of likely N-dealkylation sites (tertiary alicyclic amines) is 1. The van der Waals surface area contributed by atoms with Crippen LogP contribution in [0.5, 0.6) is 0 Å². The second-order valence-corrected chi connectivity index (χ2v) is 6.78. The van der Waals surface area contributed by atoms with Crippen LogP contribution in [0.3, 0.4) is 0 Å². The molecule has 1 saturated heterocycles. The van der Waals surface area contributed by atoms with Crippen LogP contribution >= 0.6 is 11.8 Å². The molecule has 0 aromatic heterocycles. The molecule has 1 aliphatic rings. The third-order valence-electron chi connectivity index (χ3n) is 4.64. The Morgan fingerprint density at radius 1 is 1.16 bits per heavy atom. The lowest BCUT2D eigenvalue weighted by atomic mass is 10.1. The van der Waals surface area contributed by atoms with Gasteiger partial charge >= 0.3 is 0 Å². The SMILES string of the molecule is Cc1ccccc1Nc1cccc(CN2CCCCC(NCl)C2=O)c1. The van der Waals surface area contributed by atoms with Gasteiger partial charge in [0.25, 0.3) is 0 Å². The highest BCUT2D eigenvalue weighted by Gasteiger charge is 2.26. The number of anilines is 2. The first kappa shape index (κ1) is 17.8. The van der Waals surface area contributed by atoms with Gasteiger partial charge < -0.3 is 10.2 Å². The van der Waals surface area contributed by atoms with E-state index in [1.165, 1.54) is 5.56 Å². The number of benzene rings is 2. The van der Waals surface area contributed by atoms with Crippen LogP contribution in [-0.2, 0) is 11.3 Å². The summed E-state index contributed by atoms with van der Waals surface area (Å²) in [5.74, 6) is 0.0877. The van der Waals surface area contributed by atoms with E-state index in [1.807, 2.05) is 29.2 Å². The monoisotopic (exact) mass is 357 g/mol. The van der Waals surface area contributed by atoms with Crippen molar-refractivity contribution in [3.8, 4) is 0 Å². The van der Waals surface area contributed by atoms with Crippen molar-refractivity contribution < 1.29 is 4.79 Å². The third-order valence-corrected chi connectivity index (χ3v) is 4.90. The molecule has 132 valence electrons. The zero-order valence-electron chi connectivity index (χ0n) is 14.5. The van der Waals surface area contributed by atoms with E-state index in [9.17, 15) is 4.79 Å². The first-order valence-electron chi connectivity index (χ1n) is 8.74. The van der Waals surface area contributed by atoms with Crippen molar-refractivity contribution in [3.05, 3.63) is 59.7 Å². The van der Waals surface area contributed by atoms with Gasteiger partial charge in [0.05, 0.1) is 0 Å². The molecule has 0 saturated carbocycles. The molecule has 3 rings (SSSR count). The fourth-order valence-corrected chi connectivity index (χ4v) is 3.40. The van der Waals surface area contributed by atoms with E-state index >= 15 is 0 Å². The summed E-state index contributed by atoms with van der Waals surface area (Å²) in [6, 6.07) is 16.2. The third kappa shape index (κ3) is 4.53. The molecule has 5 heteroatoms. The van der Waals surface area contributed by atoms with Crippen LogP contribution in [-0.4, -0.2) is 23.4 Å². The van der Waals surface area contributed by atoms with Crippen LogP contribution in [0, 0.1) is 6.92 Å². The van der Waals surface area contributed by atoms with Gasteiger partial charge in [0.2, 0.25) is 5.91 Å². The molecular formula is C20H24ClN3O. The highest BCUT2D eigenvalue weighted by Crippen LogP contribution is 2.22. The molecular weight excluding hydrogens is 334 g/mol. The predicted octanol–water partition coefficient (Wildman–Crippen LogP) is 4.36. The Hall–Kier alpha value is -2.04. The van der Waals surface area contributed by atoms with Crippen LogP contribution in [0.4, 0.5) is 11.4 Å². The van der Waals surface area contributed by atoms with E-state index in [1.54, 1.807) is 0 Å². The predicted molar refractivity (Wildman–Crippen MR) is 103 cm³/mol. The lowest BCUT2D eigenvalue weighted by molar-refractivity contribution is -0.133. The Kier molecular flexibility index (Phi) is 5.95. The van der Waals surface area contributed by atoms with Gasteiger partial charge in [0, 0.05) is 24.5 Å². The van der Waals surface area contributed by atoms with Crippen molar-refractivity contribution >= 4 is 29.1 Å². The largest absolute Gasteiger partial charge is 0.355 e. The summed E-state index contributed by atoms with van der Waals surface area (Å²) in [4.78, 5) is 17.1. The van der Waals surface area contributed by atoms with Gasteiger partial charge in [0.1, 0.15) is 6.04 Å². The van der Waals surface area contributed by atoms with Crippen molar-refractivity contribution in [1.82, 2.24) is 9.74 Å². The van der Waals surface area contributed by atoms with Crippen molar-refractivity contribution in [2.75, 3.05) is 11.9 Å². The molecule has 0 aliphatic carbocycles. The maximum Gasteiger partial charge on any atom is 0.241 e. The molecule has 2 N–H and O–H groups in total. The minimum absolute atomic E-state index is 0.0877. The van der Waals surface area contributed by atoms with E-state index in [4.69, 9.17) is 11.8 Å². The maximum absolute atomic E-state index is 12.6. The number of rotatable bonds is 5. The van der Waals surface area contributed by atoms with Crippen LogP contribution in [0.2, 0.25) is 0 Å². The van der Waals surface area contributed by atoms with E-state index in [0.717, 1.165) is 42.7 Å². The number of nitrogens with one attached hydrogen (secondary N) is 2. The average molecular weight is 358 g/mol. The summed E-state index contributed by atoms with van der Waals surface area (Å²) in [6.07, 6.45) is 2.83. The molecule has 1 unspecified atom stereocenters. The Morgan fingerprint density at radius 3 is 2.80 bits per heavy atom. The van der Waals surface area contributed by atoms with Gasteiger partial charge in [-0.3, -0.25) is 4.79 Å². The number of para-hydroxylation sites is 1. The summed E-state index contributed by atoms with van der Waals surface area (Å²) in [5.41, 5.74) is 4.44. The first-order chi connectivity index (χ1) is 12.2. The smallest absolute Gasteiger partial charge is 0.241 e. The molecule has 1 aliphatic heterocycles. The number of aryl methyl sites for hydroxylation is 1. The highest BCUT2D eigenvalue weighted by molar-refractivity contribution is 6.15. The summed E-state index contributed by atoms with van der Waals surface area (Å²) in [6.45, 7) is 3.47. The van der Waals surface area contributed by atoms with E-state index < -0.39 is 0 Å². The number of carbonyl (C=O) groups is 1. The van der Waals surface area contributed by atoms with Crippen LogP contribution in [0.15, 0.2) is 48.5 Å². The van der Waals surface area contributed by atoms with E-state index in [0.29, 0.717) is 6.54 Å². The van der Waals surface area contributed by atoms with Gasteiger partial charge in [-0.05, 0) is 67.3 Å². The standard InChI is InChI=1S/C20H24ClN3O/c1-15-7-2-3-10-18(15)22-17-9-6-8-16(13-17)14-24-12-5-4-11-19(23-21)20(24)25/h2-3,6-10,13,19,22-23H,4-5,11-12,14H2,1H3. The summed E-state index contributed by atoms with van der Waals surface area (Å²) >= 11 is 5.74. The molecule has 0 radical (unpaired) electrons. The molecule has 1 fully saturated rings. The lowest BCUT2D eigenvalue weighted by Crippen LogP contribution is -2.41. The molecule has 0 bridgehead atoms. The Morgan fingerprint density at radius 2 is 2.00 bits per heavy atom. The lowest BCUT2D eigenvalue weighted by Gasteiger charge is -2.24. The first-order valence-corrected chi connectivity index (χ1v) is 9.12. The highest BCUT2D eigenvalue weighted by atomic mass is 35.5. The normalized spacial score (nSPS) is 18.1. The second-order valence-electron chi connectivity index (χ2n) is 6.56. The van der Waals surface area contributed by atoms with Gasteiger partial charge in [-0.2, -0.15) is 0 Å². The maximum atomic E-state index is 12.6. The fraction of sp³-hybridized carbons (Fsp3) is 0.350. The average Bonchev–Trinajstić information content (AvgIpc) is 2.79. The van der Waals surface area contributed by atoms with Gasteiger partial charge in [-0.25, -0.2) is 4.84 Å². The molecule has 1 atom stereocenters. The molecule has 25 heavy (non-hydrogen) atoms. The zero-order valence-corrected chi connectivity index (χ0v) is 15.2. The van der Waals surface area contributed by atoms with Crippen LogP contribution in [0.1, 0.15) is 30.4 Å². The fourth-order valence-electron chi connectivity index (χ4n) is 3.20. The van der Waals surface area contributed by atoms with Gasteiger partial charge in [-0.1, -0.05) is 30.3 Å². The van der Waals surface area contributed by atoms with Crippen molar-refractivity contribution in [2.24, 2.45) is 0 Å². The zero-order chi connectivity index (χ0) is 17.6. The topological polar surface area (TPSA) is 44.4 Å². The number of carbonyl (C=O) groups excluding carboxylic acids is 1. The molecule has 4 nitrogen and oxygen atoms in total. The Balaban J connectivity index is 1.73. The Labute approximate surface area is 154 Å². The second kappa shape index (κ2) is 8.37. The summed E-state index contributed by atoms with van der Waals surface area (Å²) in [5, 5.41) is 3.46.